The predicted octanol–water partition coefficient (Wildman–Crippen LogP) is 2.84. The van der Waals surface area contributed by atoms with Crippen molar-refractivity contribution in [2.24, 2.45) is 5.73 Å². The van der Waals surface area contributed by atoms with Crippen molar-refractivity contribution in [3.8, 4) is 0 Å². The molecule has 1 aromatic rings. The molecule has 19 heavy (non-hydrogen) atoms. The third kappa shape index (κ3) is 3.94. The van der Waals surface area contributed by atoms with Gasteiger partial charge in [-0.3, -0.25) is 4.79 Å². The fraction of sp³-hybridized carbons (Fsp3) is 0.643. The largest absolute Gasteiger partial charge is 0.354 e. The molecule has 0 aromatic carbocycles. The first-order valence-corrected chi connectivity index (χ1v) is 7.59. The van der Waals surface area contributed by atoms with Crippen molar-refractivity contribution in [2.45, 2.75) is 50.5 Å². The molecule has 1 atom stereocenters. The van der Waals surface area contributed by atoms with E-state index in [1.165, 1.54) is 37.0 Å². The van der Waals surface area contributed by atoms with Gasteiger partial charge >= 0.3 is 0 Å². The van der Waals surface area contributed by atoms with E-state index in [1.807, 2.05) is 0 Å². The van der Waals surface area contributed by atoms with Gasteiger partial charge in [0.25, 0.3) is 0 Å². The monoisotopic (exact) mass is 302 g/mol. The van der Waals surface area contributed by atoms with Gasteiger partial charge in [0.2, 0.25) is 5.91 Å². The molecule has 1 aliphatic rings. The van der Waals surface area contributed by atoms with Crippen molar-refractivity contribution in [1.82, 2.24) is 5.32 Å². The van der Waals surface area contributed by atoms with Crippen LogP contribution in [0.5, 0.6) is 0 Å². The van der Waals surface area contributed by atoms with E-state index in [4.69, 9.17) is 5.73 Å². The summed E-state index contributed by atoms with van der Waals surface area (Å²) in [5, 5.41) is 5.15. The van der Waals surface area contributed by atoms with Gasteiger partial charge in [-0.2, -0.15) is 0 Å². The Balaban J connectivity index is 0.00000180. The lowest BCUT2D eigenvalue weighted by Gasteiger charge is -2.37. The molecule has 5 heteroatoms. The maximum absolute atomic E-state index is 11.7. The third-order valence-corrected chi connectivity index (χ3v) is 4.99. The zero-order valence-electron chi connectivity index (χ0n) is 11.4. The second kappa shape index (κ2) is 7.27. The van der Waals surface area contributed by atoms with Gasteiger partial charge in [-0.1, -0.05) is 25.3 Å². The summed E-state index contributed by atoms with van der Waals surface area (Å²) in [6, 6.07) is 3.88. The number of nitrogens with two attached hydrogens (primary N) is 1. The minimum Gasteiger partial charge on any atom is -0.354 e. The van der Waals surface area contributed by atoms with Crippen LogP contribution < -0.4 is 11.1 Å². The van der Waals surface area contributed by atoms with Gasteiger partial charge in [0.05, 0.1) is 6.04 Å². The second-order valence-electron chi connectivity index (χ2n) is 5.32. The molecule has 1 aliphatic carbocycles. The molecule has 1 saturated carbocycles. The van der Waals surface area contributed by atoms with E-state index in [-0.39, 0.29) is 23.7 Å². The first-order chi connectivity index (χ1) is 8.64. The van der Waals surface area contributed by atoms with Crippen LogP contribution >= 0.6 is 23.7 Å². The fourth-order valence-corrected chi connectivity index (χ4v) is 3.72. The predicted molar refractivity (Wildman–Crippen MR) is 83.0 cm³/mol. The minimum absolute atomic E-state index is 0. The molecule has 1 aromatic heterocycles. The number of thiophene rings is 1. The number of carbonyl (C=O) groups excluding carboxylic acids is 1. The zero-order chi connectivity index (χ0) is 13.0. The average molecular weight is 303 g/mol. The molecule has 108 valence electrons. The van der Waals surface area contributed by atoms with Gasteiger partial charge in [-0.05, 0) is 31.2 Å². The number of amides is 1. The van der Waals surface area contributed by atoms with Crippen molar-refractivity contribution in [2.75, 3.05) is 6.54 Å². The second-order valence-corrected chi connectivity index (χ2v) is 6.27. The molecule has 1 fully saturated rings. The average Bonchev–Trinajstić information content (AvgIpc) is 2.91. The zero-order valence-corrected chi connectivity index (χ0v) is 13.0. The lowest BCUT2D eigenvalue weighted by molar-refractivity contribution is -0.122. The first kappa shape index (κ1) is 16.5. The summed E-state index contributed by atoms with van der Waals surface area (Å²) in [6.07, 6.45) is 6.17. The maximum atomic E-state index is 11.7. The lowest BCUT2D eigenvalue weighted by Crippen LogP contribution is -2.46. The van der Waals surface area contributed by atoms with Gasteiger partial charge in [-0.15, -0.1) is 23.7 Å². The molecule has 0 unspecified atom stereocenters. The molecule has 0 aliphatic heterocycles. The number of nitrogens with one attached hydrogen (secondary N) is 1. The molecule has 0 spiro atoms. The van der Waals surface area contributed by atoms with Gasteiger partial charge in [0, 0.05) is 16.8 Å². The number of halogens is 1. The Bertz CT molecular complexity index is 386. The van der Waals surface area contributed by atoms with Crippen LogP contribution in [0.3, 0.4) is 0 Å². The summed E-state index contributed by atoms with van der Waals surface area (Å²) in [7, 11) is 0. The van der Waals surface area contributed by atoms with E-state index in [9.17, 15) is 4.79 Å². The number of hydrogen-bond acceptors (Lipinski definition) is 3. The molecular formula is C14H23ClN2OS. The molecule has 2 rings (SSSR count). The number of hydrogen-bond donors (Lipinski definition) is 2. The van der Waals surface area contributed by atoms with Crippen LogP contribution in [-0.2, 0) is 10.2 Å². The van der Waals surface area contributed by atoms with E-state index in [0.717, 1.165) is 6.54 Å². The fourth-order valence-electron chi connectivity index (χ4n) is 2.74. The molecule has 3 nitrogen and oxygen atoms in total. The van der Waals surface area contributed by atoms with Crippen molar-refractivity contribution >= 4 is 29.7 Å². The van der Waals surface area contributed by atoms with Crippen LogP contribution in [0.15, 0.2) is 17.5 Å². The van der Waals surface area contributed by atoms with E-state index in [0.29, 0.717) is 0 Å². The molecule has 0 bridgehead atoms. The minimum atomic E-state index is -0.422. The Kier molecular flexibility index (Phi) is 6.30. The van der Waals surface area contributed by atoms with E-state index >= 15 is 0 Å². The summed E-state index contributed by atoms with van der Waals surface area (Å²) in [4.78, 5) is 13.1. The summed E-state index contributed by atoms with van der Waals surface area (Å²) in [5.41, 5.74) is 5.75. The smallest absolute Gasteiger partial charge is 0.236 e. The van der Waals surface area contributed by atoms with Crippen LogP contribution in [0.4, 0.5) is 0 Å². The van der Waals surface area contributed by atoms with Crippen LogP contribution in [0.2, 0.25) is 0 Å². The van der Waals surface area contributed by atoms with Gasteiger partial charge in [0.15, 0.2) is 0 Å². The highest BCUT2D eigenvalue weighted by atomic mass is 35.5. The summed E-state index contributed by atoms with van der Waals surface area (Å²) < 4.78 is 0. The quantitative estimate of drug-likeness (QED) is 0.898. The highest BCUT2D eigenvalue weighted by Crippen LogP contribution is 2.41. The van der Waals surface area contributed by atoms with Crippen LogP contribution in [0, 0.1) is 0 Å². The van der Waals surface area contributed by atoms with Gasteiger partial charge < -0.3 is 11.1 Å². The number of carbonyl (C=O) groups is 1. The maximum Gasteiger partial charge on any atom is 0.236 e. The summed E-state index contributed by atoms with van der Waals surface area (Å²) in [5.74, 6) is -0.0449. The van der Waals surface area contributed by atoms with Crippen LogP contribution in [-0.4, -0.2) is 18.5 Å². The lowest BCUT2D eigenvalue weighted by atomic mass is 9.73. The normalized spacial score (nSPS) is 19.3. The van der Waals surface area contributed by atoms with Gasteiger partial charge in [0.1, 0.15) is 0 Å². The highest BCUT2D eigenvalue weighted by Gasteiger charge is 2.35. The van der Waals surface area contributed by atoms with Crippen molar-refractivity contribution in [3.63, 3.8) is 0 Å². The number of rotatable bonds is 4. The Morgan fingerprint density at radius 2 is 2.16 bits per heavy atom. The summed E-state index contributed by atoms with van der Waals surface area (Å²) in [6.45, 7) is 2.46. The molecular weight excluding hydrogens is 280 g/mol. The Labute approximate surface area is 125 Å². The summed E-state index contributed by atoms with van der Waals surface area (Å²) >= 11 is 1.81. The molecule has 0 radical (unpaired) electrons. The molecule has 0 saturated heterocycles. The molecule has 1 amide bonds. The van der Waals surface area contributed by atoms with E-state index in [1.54, 1.807) is 18.3 Å². The van der Waals surface area contributed by atoms with E-state index < -0.39 is 6.04 Å². The van der Waals surface area contributed by atoms with Gasteiger partial charge in [-0.25, -0.2) is 0 Å². The van der Waals surface area contributed by atoms with Crippen molar-refractivity contribution in [3.05, 3.63) is 22.4 Å². The third-order valence-electron chi connectivity index (χ3n) is 3.87. The first-order valence-electron chi connectivity index (χ1n) is 6.71. The Hall–Kier alpha value is -0.580. The Morgan fingerprint density at radius 3 is 2.68 bits per heavy atom. The molecule has 3 N–H and O–H groups in total. The molecule has 1 heterocycles. The Morgan fingerprint density at radius 1 is 1.47 bits per heavy atom. The SMILES string of the molecule is C[C@H](N)C(=O)NCC1(c2cccs2)CCCCC1.Cl. The van der Waals surface area contributed by atoms with Crippen LogP contribution in [0.1, 0.15) is 43.9 Å². The van der Waals surface area contributed by atoms with Crippen molar-refractivity contribution < 1.29 is 4.79 Å². The standard InChI is InChI=1S/C14H22N2OS.ClH/c1-11(15)13(17)16-10-14(7-3-2-4-8-14)12-6-5-9-18-12;/h5-6,9,11H,2-4,7-8,10,15H2,1H3,(H,16,17);1H/t11-;/m0./s1. The van der Waals surface area contributed by atoms with E-state index in [2.05, 4.69) is 22.8 Å². The highest BCUT2D eigenvalue weighted by molar-refractivity contribution is 7.10. The topological polar surface area (TPSA) is 55.1 Å². The van der Waals surface area contributed by atoms with Crippen molar-refractivity contribution in [1.29, 1.82) is 0 Å². The van der Waals surface area contributed by atoms with Crippen LogP contribution in [0.25, 0.3) is 0 Å².